The molecule has 0 unspecified atom stereocenters. The number of fused-ring (bicyclic) bond motifs is 1. The summed E-state index contributed by atoms with van der Waals surface area (Å²) >= 11 is 0. The monoisotopic (exact) mass is 428 g/mol. The molecule has 164 valence electrons. The lowest BCUT2D eigenvalue weighted by Gasteiger charge is -2.09. The highest BCUT2D eigenvalue weighted by Crippen LogP contribution is 2.24. The van der Waals surface area contributed by atoms with Gasteiger partial charge < -0.3 is 0 Å². The van der Waals surface area contributed by atoms with Crippen LogP contribution in [0.2, 0.25) is 0 Å². The Labute approximate surface area is 189 Å². The Hall–Kier alpha value is -3.00. The maximum absolute atomic E-state index is 15.1. The summed E-state index contributed by atoms with van der Waals surface area (Å²) in [5.41, 5.74) is 5.70. The molecule has 4 aromatic carbocycles. The molecule has 0 radical (unpaired) electrons. The van der Waals surface area contributed by atoms with Crippen molar-refractivity contribution in [3.63, 3.8) is 0 Å². The molecular weight excluding hydrogens is 398 g/mol. The van der Waals surface area contributed by atoms with E-state index in [4.69, 9.17) is 0 Å². The van der Waals surface area contributed by atoms with Gasteiger partial charge in [0.15, 0.2) is 0 Å². The van der Waals surface area contributed by atoms with E-state index in [1.54, 1.807) is 12.1 Å². The van der Waals surface area contributed by atoms with E-state index in [1.807, 2.05) is 24.3 Å². The highest BCUT2D eigenvalue weighted by atomic mass is 19.1. The summed E-state index contributed by atoms with van der Waals surface area (Å²) in [5.74, 6) is -0.385. The van der Waals surface area contributed by atoms with Crippen LogP contribution in [0.1, 0.15) is 47.6 Å². The predicted octanol–water partition coefficient (Wildman–Crippen LogP) is 8.03. The van der Waals surface area contributed by atoms with E-state index in [2.05, 4.69) is 37.3 Å². The zero-order valence-electron chi connectivity index (χ0n) is 18.7. The highest BCUT2D eigenvalue weighted by molar-refractivity contribution is 5.84. The van der Waals surface area contributed by atoms with Crippen molar-refractivity contribution in [2.75, 3.05) is 0 Å². The summed E-state index contributed by atoms with van der Waals surface area (Å²) < 4.78 is 28.2. The molecule has 0 heterocycles. The number of hydrogen-bond donors (Lipinski definition) is 0. The van der Waals surface area contributed by atoms with Crippen LogP contribution in [-0.2, 0) is 32.1 Å². The van der Waals surface area contributed by atoms with Crippen molar-refractivity contribution in [1.82, 2.24) is 0 Å². The van der Waals surface area contributed by atoms with E-state index in [0.29, 0.717) is 23.8 Å². The third-order valence-electron chi connectivity index (χ3n) is 6.24. The van der Waals surface area contributed by atoms with Gasteiger partial charge in [-0.25, -0.2) is 8.78 Å². The molecule has 0 N–H and O–H groups in total. The van der Waals surface area contributed by atoms with Crippen LogP contribution in [-0.4, -0.2) is 0 Å². The molecule has 0 bridgehead atoms. The van der Waals surface area contributed by atoms with Gasteiger partial charge in [0.2, 0.25) is 0 Å². The summed E-state index contributed by atoms with van der Waals surface area (Å²) in [4.78, 5) is 0. The van der Waals surface area contributed by atoms with Crippen LogP contribution in [0, 0.1) is 11.6 Å². The molecule has 0 nitrogen and oxygen atoms in total. The Morgan fingerprint density at radius 2 is 1.12 bits per heavy atom. The van der Waals surface area contributed by atoms with Crippen LogP contribution in [0.4, 0.5) is 8.78 Å². The van der Waals surface area contributed by atoms with Crippen molar-refractivity contribution in [3.05, 3.63) is 118 Å². The van der Waals surface area contributed by atoms with Crippen LogP contribution in [0.3, 0.4) is 0 Å². The Morgan fingerprint density at radius 3 is 1.81 bits per heavy atom. The van der Waals surface area contributed by atoms with Crippen LogP contribution < -0.4 is 0 Å². The van der Waals surface area contributed by atoms with Gasteiger partial charge in [0.05, 0.1) is 0 Å². The first-order valence-corrected chi connectivity index (χ1v) is 11.6. The highest BCUT2D eigenvalue weighted by Gasteiger charge is 2.09. The molecule has 0 aromatic heterocycles. The standard InChI is InChI=1S/C30H30F2/c1-2-3-4-22-5-7-23(8-6-22)9-10-25-14-20-29-27(21-25)17-16-26(30(29)32)15-11-24-12-18-28(31)19-13-24/h5-8,12-14,16-21H,2-4,9-11,15H2,1H3. The zero-order chi connectivity index (χ0) is 22.3. The van der Waals surface area contributed by atoms with Gasteiger partial charge >= 0.3 is 0 Å². The first-order chi connectivity index (χ1) is 15.6. The molecule has 4 rings (SSSR count). The first-order valence-electron chi connectivity index (χ1n) is 11.6. The minimum absolute atomic E-state index is 0.140. The van der Waals surface area contributed by atoms with Gasteiger partial charge in [0, 0.05) is 5.39 Å². The number of halogens is 2. The average molecular weight is 429 g/mol. The van der Waals surface area contributed by atoms with Crippen LogP contribution in [0.15, 0.2) is 78.9 Å². The molecule has 0 saturated heterocycles. The van der Waals surface area contributed by atoms with Gasteiger partial charge in [0.25, 0.3) is 0 Å². The van der Waals surface area contributed by atoms with Crippen molar-refractivity contribution in [2.24, 2.45) is 0 Å². The topological polar surface area (TPSA) is 0 Å². The summed E-state index contributed by atoms with van der Waals surface area (Å²) in [7, 11) is 0. The second-order valence-electron chi connectivity index (χ2n) is 8.64. The number of aryl methyl sites for hydroxylation is 5. The van der Waals surface area contributed by atoms with Crippen LogP contribution in [0.25, 0.3) is 10.8 Å². The van der Waals surface area contributed by atoms with E-state index >= 15 is 4.39 Å². The molecule has 2 heteroatoms. The van der Waals surface area contributed by atoms with Crippen molar-refractivity contribution in [2.45, 2.75) is 51.9 Å². The Balaban J connectivity index is 1.40. The summed E-state index contributed by atoms with van der Waals surface area (Å²) in [6, 6.07) is 25.4. The minimum atomic E-state index is -0.245. The molecule has 0 amide bonds. The van der Waals surface area contributed by atoms with Crippen molar-refractivity contribution in [1.29, 1.82) is 0 Å². The third kappa shape index (κ3) is 5.62. The number of unbranched alkanes of at least 4 members (excludes halogenated alkanes) is 1. The maximum Gasteiger partial charge on any atom is 0.134 e. The Bertz CT molecular complexity index is 1160. The lowest BCUT2D eigenvalue weighted by molar-refractivity contribution is 0.619. The molecule has 0 fully saturated rings. The first kappa shape index (κ1) is 22.2. The van der Waals surface area contributed by atoms with Gasteiger partial charge in [-0.15, -0.1) is 0 Å². The van der Waals surface area contributed by atoms with E-state index in [9.17, 15) is 4.39 Å². The Morgan fingerprint density at radius 1 is 0.562 bits per heavy atom. The van der Waals surface area contributed by atoms with E-state index in [0.717, 1.165) is 30.2 Å². The Kier molecular flexibility index (Phi) is 7.32. The normalized spacial score (nSPS) is 11.2. The number of rotatable bonds is 9. The molecule has 4 aromatic rings. The second kappa shape index (κ2) is 10.5. The smallest absolute Gasteiger partial charge is 0.134 e. The summed E-state index contributed by atoms with van der Waals surface area (Å²) in [5, 5.41) is 1.62. The van der Waals surface area contributed by atoms with Crippen LogP contribution >= 0.6 is 0 Å². The van der Waals surface area contributed by atoms with Crippen LogP contribution in [0.5, 0.6) is 0 Å². The van der Waals surface area contributed by atoms with Gasteiger partial charge in [-0.3, -0.25) is 0 Å². The van der Waals surface area contributed by atoms with Crippen molar-refractivity contribution >= 4 is 10.8 Å². The van der Waals surface area contributed by atoms with Crippen molar-refractivity contribution in [3.8, 4) is 0 Å². The van der Waals surface area contributed by atoms with E-state index in [1.165, 1.54) is 41.7 Å². The fourth-order valence-electron chi connectivity index (χ4n) is 4.21. The third-order valence-corrected chi connectivity index (χ3v) is 6.24. The number of hydrogen-bond acceptors (Lipinski definition) is 0. The maximum atomic E-state index is 15.1. The SMILES string of the molecule is CCCCc1ccc(CCc2ccc3c(F)c(CCc4ccc(F)cc4)ccc3c2)cc1. The predicted molar refractivity (Wildman–Crippen MR) is 130 cm³/mol. The molecule has 0 aliphatic carbocycles. The lowest BCUT2D eigenvalue weighted by atomic mass is 9.97. The fourth-order valence-corrected chi connectivity index (χ4v) is 4.21. The van der Waals surface area contributed by atoms with Gasteiger partial charge in [-0.1, -0.05) is 80.1 Å². The number of benzene rings is 4. The fraction of sp³-hybridized carbons (Fsp3) is 0.267. The van der Waals surface area contributed by atoms with Gasteiger partial charge in [0.1, 0.15) is 11.6 Å². The molecular formula is C30H30F2. The summed E-state index contributed by atoms with van der Waals surface area (Å²) in [6.45, 7) is 2.22. The quantitative estimate of drug-likeness (QED) is 0.253. The lowest BCUT2D eigenvalue weighted by Crippen LogP contribution is -1.97. The summed E-state index contributed by atoms with van der Waals surface area (Å²) in [6.07, 6.45) is 6.83. The van der Waals surface area contributed by atoms with E-state index in [-0.39, 0.29) is 11.6 Å². The zero-order valence-corrected chi connectivity index (χ0v) is 18.7. The second-order valence-corrected chi connectivity index (χ2v) is 8.64. The van der Waals surface area contributed by atoms with Crippen molar-refractivity contribution < 1.29 is 8.78 Å². The van der Waals surface area contributed by atoms with E-state index < -0.39 is 0 Å². The molecule has 0 saturated carbocycles. The minimum Gasteiger partial charge on any atom is -0.207 e. The molecule has 0 atom stereocenters. The van der Waals surface area contributed by atoms with Gasteiger partial charge in [-0.05, 0) is 83.9 Å². The van der Waals surface area contributed by atoms with Gasteiger partial charge in [-0.2, -0.15) is 0 Å². The largest absolute Gasteiger partial charge is 0.207 e. The molecule has 0 aliphatic heterocycles. The molecule has 32 heavy (non-hydrogen) atoms. The average Bonchev–Trinajstić information content (AvgIpc) is 2.82. The molecule has 0 aliphatic rings. The molecule has 0 spiro atoms.